The highest BCUT2D eigenvalue weighted by molar-refractivity contribution is 5.96. The van der Waals surface area contributed by atoms with E-state index in [9.17, 15) is 9.59 Å². The molecule has 0 bridgehead atoms. The maximum atomic E-state index is 12.6. The Hall–Kier alpha value is -1.88. The summed E-state index contributed by atoms with van der Waals surface area (Å²) < 4.78 is 0. The third-order valence-corrected chi connectivity index (χ3v) is 4.30. The van der Waals surface area contributed by atoms with Gasteiger partial charge in [0.05, 0.1) is 0 Å². The van der Waals surface area contributed by atoms with Gasteiger partial charge in [-0.1, -0.05) is 6.92 Å². The number of piperidine rings is 1. The van der Waals surface area contributed by atoms with Crippen LogP contribution >= 0.6 is 0 Å². The molecule has 1 atom stereocenters. The van der Waals surface area contributed by atoms with Gasteiger partial charge in [-0.25, -0.2) is 0 Å². The van der Waals surface area contributed by atoms with Crippen molar-refractivity contribution >= 4 is 17.5 Å². The number of anilines is 1. The maximum absolute atomic E-state index is 12.6. The highest BCUT2D eigenvalue weighted by Gasteiger charge is 2.22. The monoisotopic (exact) mass is 317 g/mol. The van der Waals surface area contributed by atoms with Gasteiger partial charge in [-0.2, -0.15) is 0 Å². The molecule has 1 heterocycles. The molecule has 1 aliphatic heterocycles. The third kappa shape index (κ3) is 4.79. The van der Waals surface area contributed by atoms with Gasteiger partial charge in [-0.15, -0.1) is 0 Å². The highest BCUT2D eigenvalue weighted by Crippen LogP contribution is 2.21. The van der Waals surface area contributed by atoms with Gasteiger partial charge < -0.3 is 16.0 Å². The minimum Gasteiger partial charge on any atom is -0.338 e. The van der Waals surface area contributed by atoms with Crippen LogP contribution in [-0.4, -0.2) is 36.3 Å². The molecule has 1 aromatic rings. The standard InChI is InChI=1S/C18H27N3O2/c1-13-5-4-10-21(12-13)18(23)15-7-8-16(14(2)11-15)20-17(22)6-3-9-19/h7-8,11,13H,3-6,9-10,12,19H2,1-2H3,(H,20,22). The van der Waals surface area contributed by atoms with Crippen LogP contribution in [0.25, 0.3) is 0 Å². The number of benzene rings is 1. The summed E-state index contributed by atoms with van der Waals surface area (Å²) in [6, 6.07) is 5.48. The van der Waals surface area contributed by atoms with Gasteiger partial charge in [0.15, 0.2) is 0 Å². The lowest BCUT2D eigenvalue weighted by atomic mass is 9.99. The first-order valence-electron chi connectivity index (χ1n) is 8.41. The van der Waals surface area contributed by atoms with Gasteiger partial charge in [-0.3, -0.25) is 9.59 Å². The predicted octanol–water partition coefficient (Wildman–Crippen LogP) is 2.54. The molecule has 2 rings (SSSR count). The van der Waals surface area contributed by atoms with E-state index in [1.165, 1.54) is 6.42 Å². The average Bonchev–Trinajstić information content (AvgIpc) is 2.54. The minimum absolute atomic E-state index is 0.0394. The second-order valence-corrected chi connectivity index (χ2v) is 6.47. The van der Waals surface area contributed by atoms with Crippen molar-refractivity contribution in [2.75, 3.05) is 25.0 Å². The minimum atomic E-state index is -0.0394. The molecule has 0 aliphatic carbocycles. The first-order chi connectivity index (χ1) is 11.0. The Morgan fingerprint density at radius 3 is 2.83 bits per heavy atom. The topological polar surface area (TPSA) is 75.4 Å². The summed E-state index contributed by atoms with van der Waals surface area (Å²) in [6.07, 6.45) is 3.36. The van der Waals surface area contributed by atoms with Crippen LogP contribution in [0.3, 0.4) is 0 Å². The Balaban J connectivity index is 2.03. The summed E-state index contributed by atoms with van der Waals surface area (Å²) in [5.41, 5.74) is 7.77. The molecule has 23 heavy (non-hydrogen) atoms. The summed E-state index contributed by atoms with van der Waals surface area (Å²) in [5, 5.41) is 2.88. The third-order valence-electron chi connectivity index (χ3n) is 4.30. The molecule has 0 radical (unpaired) electrons. The van der Waals surface area contributed by atoms with Gasteiger partial charge in [0, 0.05) is 30.8 Å². The number of carbonyl (C=O) groups is 2. The van der Waals surface area contributed by atoms with Crippen LogP contribution in [0, 0.1) is 12.8 Å². The molecule has 1 unspecified atom stereocenters. The number of nitrogens with two attached hydrogens (primary N) is 1. The van der Waals surface area contributed by atoms with Crippen molar-refractivity contribution in [1.82, 2.24) is 4.90 Å². The molecule has 1 saturated heterocycles. The average molecular weight is 317 g/mol. The zero-order chi connectivity index (χ0) is 16.8. The first kappa shape index (κ1) is 17.5. The molecule has 5 heteroatoms. The first-order valence-corrected chi connectivity index (χ1v) is 8.41. The number of nitrogens with zero attached hydrogens (tertiary/aromatic N) is 1. The number of hydrogen-bond acceptors (Lipinski definition) is 3. The number of amides is 2. The fourth-order valence-electron chi connectivity index (χ4n) is 2.97. The van der Waals surface area contributed by atoms with E-state index in [2.05, 4.69) is 12.2 Å². The van der Waals surface area contributed by atoms with Crippen LogP contribution in [0.15, 0.2) is 18.2 Å². The molecule has 2 amide bonds. The van der Waals surface area contributed by atoms with E-state index in [0.29, 0.717) is 30.9 Å². The smallest absolute Gasteiger partial charge is 0.253 e. The normalized spacial score (nSPS) is 17.9. The molecule has 0 aromatic heterocycles. The van der Waals surface area contributed by atoms with Crippen molar-refractivity contribution in [1.29, 1.82) is 0 Å². The molecular weight excluding hydrogens is 290 g/mol. The summed E-state index contributed by atoms with van der Waals surface area (Å²) in [6.45, 7) is 6.27. The lowest BCUT2D eigenvalue weighted by molar-refractivity contribution is -0.116. The van der Waals surface area contributed by atoms with Crippen LogP contribution < -0.4 is 11.1 Å². The quantitative estimate of drug-likeness (QED) is 0.876. The fraction of sp³-hybridized carbons (Fsp3) is 0.556. The van der Waals surface area contributed by atoms with Gasteiger partial charge in [-0.05, 0) is 62.4 Å². The summed E-state index contributed by atoms with van der Waals surface area (Å²) in [7, 11) is 0. The van der Waals surface area contributed by atoms with Gasteiger partial charge in [0.2, 0.25) is 5.91 Å². The molecule has 1 fully saturated rings. The van der Waals surface area contributed by atoms with Crippen molar-refractivity contribution in [3.63, 3.8) is 0 Å². The Bertz CT molecular complexity index is 571. The van der Waals surface area contributed by atoms with E-state index in [-0.39, 0.29) is 11.8 Å². The van der Waals surface area contributed by atoms with E-state index in [0.717, 1.165) is 30.8 Å². The van der Waals surface area contributed by atoms with Crippen molar-refractivity contribution in [2.45, 2.75) is 39.5 Å². The van der Waals surface area contributed by atoms with E-state index in [1.54, 1.807) is 6.07 Å². The number of aryl methyl sites for hydroxylation is 1. The van der Waals surface area contributed by atoms with E-state index >= 15 is 0 Å². The number of rotatable bonds is 5. The molecular formula is C18H27N3O2. The Labute approximate surface area is 138 Å². The Kier molecular flexibility index (Phi) is 6.16. The van der Waals surface area contributed by atoms with Crippen LogP contribution in [-0.2, 0) is 4.79 Å². The van der Waals surface area contributed by atoms with Crippen molar-refractivity contribution < 1.29 is 9.59 Å². The molecule has 5 nitrogen and oxygen atoms in total. The molecule has 0 spiro atoms. The molecule has 0 saturated carbocycles. The van der Waals surface area contributed by atoms with Crippen molar-refractivity contribution in [3.8, 4) is 0 Å². The maximum Gasteiger partial charge on any atom is 0.253 e. The zero-order valence-electron chi connectivity index (χ0n) is 14.1. The number of carbonyl (C=O) groups excluding carboxylic acids is 2. The Morgan fingerprint density at radius 2 is 2.17 bits per heavy atom. The zero-order valence-corrected chi connectivity index (χ0v) is 14.1. The second-order valence-electron chi connectivity index (χ2n) is 6.47. The summed E-state index contributed by atoms with van der Waals surface area (Å²) in [4.78, 5) is 26.3. The van der Waals surface area contributed by atoms with Gasteiger partial charge >= 0.3 is 0 Å². The molecule has 126 valence electrons. The predicted molar refractivity (Wildman–Crippen MR) is 92.4 cm³/mol. The lowest BCUT2D eigenvalue weighted by Gasteiger charge is -2.31. The van der Waals surface area contributed by atoms with E-state index in [1.807, 2.05) is 24.0 Å². The molecule has 3 N–H and O–H groups in total. The van der Waals surface area contributed by atoms with Crippen LogP contribution in [0.5, 0.6) is 0 Å². The van der Waals surface area contributed by atoms with E-state index < -0.39 is 0 Å². The number of likely N-dealkylation sites (tertiary alicyclic amines) is 1. The van der Waals surface area contributed by atoms with Gasteiger partial charge in [0.25, 0.3) is 5.91 Å². The highest BCUT2D eigenvalue weighted by atomic mass is 16.2. The SMILES string of the molecule is Cc1cc(C(=O)N2CCCC(C)C2)ccc1NC(=O)CCCN. The van der Waals surface area contributed by atoms with Crippen molar-refractivity contribution in [2.24, 2.45) is 11.7 Å². The fourth-order valence-corrected chi connectivity index (χ4v) is 2.97. The molecule has 1 aromatic carbocycles. The number of nitrogens with one attached hydrogen (secondary N) is 1. The van der Waals surface area contributed by atoms with Gasteiger partial charge in [0.1, 0.15) is 0 Å². The van der Waals surface area contributed by atoms with Crippen LogP contribution in [0.2, 0.25) is 0 Å². The van der Waals surface area contributed by atoms with Crippen LogP contribution in [0.4, 0.5) is 5.69 Å². The van der Waals surface area contributed by atoms with E-state index in [4.69, 9.17) is 5.73 Å². The molecule has 1 aliphatic rings. The summed E-state index contributed by atoms with van der Waals surface area (Å²) >= 11 is 0. The number of hydrogen-bond donors (Lipinski definition) is 2. The summed E-state index contributed by atoms with van der Waals surface area (Å²) in [5.74, 6) is 0.609. The van der Waals surface area contributed by atoms with Crippen LogP contribution in [0.1, 0.15) is 48.5 Å². The largest absolute Gasteiger partial charge is 0.338 e. The Morgan fingerprint density at radius 1 is 1.39 bits per heavy atom. The second kappa shape index (κ2) is 8.11. The lowest BCUT2D eigenvalue weighted by Crippen LogP contribution is -2.39. The van der Waals surface area contributed by atoms with Crippen molar-refractivity contribution in [3.05, 3.63) is 29.3 Å².